The number of piperidine rings is 1. The highest BCUT2D eigenvalue weighted by molar-refractivity contribution is 5.74. The lowest BCUT2D eigenvalue weighted by Gasteiger charge is -2.28. The zero-order chi connectivity index (χ0) is 15.5. The molecule has 0 aliphatic carbocycles. The zero-order valence-corrected chi connectivity index (χ0v) is 12.7. The second-order valence-electron chi connectivity index (χ2n) is 5.55. The van der Waals surface area contributed by atoms with Gasteiger partial charge in [0.25, 0.3) is 0 Å². The van der Waals surface area contributed by atoms with Crippen LogP contribution in [0.3, 0.4) is 0 Å². The number of hydrogen-bond acceptors (Lipinski definition) is 8. The van der Waals surface area contributed by atoms with E-state index in [1.165, 1.54) is 19.3 Å². The molecule has 120 valence electrons. The van der Waals surface area contributed by atoms with Crippen molar-refractivity contribution in [3.63, 3.8) is 0 Å². The van der Waals surface area contributed by atoms with E-state index >= 15 is 0 Å². The molecule has 0 atom stereocenters. The number of aromatic nitrogens is 6. The topological polar surface area (TPSA) is 97.8 Å². The number of hydrogen-bond donors (Lipinski definition) is 1. The lowest BCUT2D eigenvalue weighted by atomic mass is 10.1. The van der Waals surface area contributed by atoms with Gasteiger partial charge in [0.15, 0.2) is 11.6 Å². The Bertz CT molecular complexity index is 762. The molecule has 4 heterocycles. The highest BCUT2D eigenvalue weighted by Gasteiger charge is 2.19. The maximum Gasteiger partial charge on any atom is 0.245 e. The van der Waals surface area contributed by atoms with Crippen LogP contribution >= 0.6 is 0 Å². The Morgan fingerprint density at radius 2 is 1.91 bits per heavy atom. The Morgan fingerprint density at radius 3 is 2.70 bits per heavy atom. The molecule has 1 aliphatic rings. The summed E-state index contributed by atoms with van der Waals surface area (Å²) < 4.78 is 6.61. The van der Waals surface area contributed by atoms with Crippen LogP contribution in [0.4, 0.5) is 11.6 Å². The van der Waals surface area contributed by atoms with Crippen molar-refractivity contribution in [2.45, 2.75) is 25.8 Å². The number of fused-ring (bicyclic) bond motifs is 1. The summed E-state index contributed by atoms with van der Waals surface area (Å²) in [7, 11) is 0. The largest absolute Gasteiger partial charge is 0.365 e. The van der Waals surface area contributed by atoms with Crippen LogP contribution in [0.2, 0.25) is 0 Å². The highest BCUT2D eigenvalue weighted by Crippen LogP contribution is 2.26. The normalized spacial score (nSPS) is 15.2. The minimum Gasteiger partial charge on any atom is -0.365 e. The van der Waals surface area contributed by atoms with Crippen molar-refractivity contribution in [1.29, 1.82) is 0 Å². The average molecular weight is 314 g/mol. The number of rotatable bonds is 5. The molecule has 3 aromatic rings. The molecule has 9 nitrogen and oxygen atoms in total. The molecule has 0 aromatic carbocycles. The lowest BCUT2D eigenvalue weighted by Crippen LogP contribution is -2.31. The first-order valence-electron chi connectivity index (χ1n) is 7.87. The van der Waals surface area contributed by atoms with Gasteiger partial charge in [-0.3, -0.25) is 4.68 Å². The molecule has 9 heteroatoms. The molecule has 1 N–H and O–H groups in total. The fraction of sp³-hybridized carbons (Fsp3) is 0.500. The van der Waals surface area contributed by atoms with Crippen molar-refractivity contribution < 1.29 is 4.63 Å². The Balaban J connectivity index is 1.57. The molecule has 1 saturated heterocycles. The van der Waals surface area contributed by atoms with Gasteiger partial charge in [0.05, 0.1) is 6.54 Å². The maximum atomic E-state index is 4.74. The summed E-state index contributed by atoms with van der Waals surface area (Å²) in [5.41, 5.74) is 0.871. The second kappa shape index (κ2) is 6.19. The molecule has 3 aromatic heterocycles. The van der Waals surface area contributed by atoms with Crippen LogP contribution in [0.25, 0.3) is 11.3 Å². The van der Waals surface area contributed by atoms with Crippen LogP contribution in [0.15, 0.2) is 23.1 Å². The molecule has 0 saturated carbocycles. The van der Waals surface area contributed by atoms with Crippen molar-refractivity contribution >= 4 is 22.9 Å². The van der Waals surface area contributed by atoms with E-state index in [9.17, 15) is 0 Å². The van der Waals surface area contributed by atoms with Crippen LogP contribution < -0.4 is 10.2 Å². The predicted molar refractivity (Wildman–Crippen MR) is 84.2 cm³/mol. The van der Waals surface area contributed by atoms with Crippen LogP contribution in [-0.4, -0.2) is 49.7 Å². The molecule has 1 fully saturated rings. The standard InChI is InChI=1S/C14H18N8O/c1-2-7-21(8-3-1)14-13(15-6-10-22-9-4-5-16-22)17-11-12(18-14)20-23-19-11/h4-5,9H,1-3,6-8,10H2,(H,15,17,19). The average Bonchev–Trinajstić information content (AvgIpc) is 3.26. The van der Waals surface area contributed by atoms with Crippen molar-refractivity contribution in [3.8, 4) is 0 Å². The smallest absolute Gasteiger partial charge is 0.245 e. The van der Waals surface area contributed by atoms with Crippen LogP contribution in [0.1, 0.15) is 19.3 Å². The summed E-state index contributed by atoms with van der Waals surface area (Å²) in [6.45, 7) is 3.43. The van der Waals surface area contributed by atoms with Crippen molar-refractivity contribution in [2.24, 2.45) is 0 Å². The molecular weight excluding hydrogens is 296 g/mol. The van der Waals surface area contributed by atoms with Gasteiger partial charge in [-0.2, -0.15) is 5.10 Å². The van der Waals surface area contributed by atoms with Gasteiger partial charge in [-0.25, -0.2) is 14.6 Å². The highest BCUT2D eigenvalue weighted by atomic mass is 16.6. The molecule has 0 radical (unpaired) electrons. The Kier molecular flexibility index (Phi) is 3.75. The summed E-state index contributed by atoms with van der Waals surface area (Å²) >= 11 is 0. The number of anilines is 2. The summed E-state index contributed by atoms with van der Waals surface area (Å²) in [6.07, 6.45) is 7.31. The fourth-order valence-electron chi connectivity index (χ4n) is 2.80. The van der Waals surface area contributed by atoms with E-state index < -0.39 is 0 Å². The first-order valence-corrected chi connectivity index (χ1v) is 7.87. The molecular formula is C14H18N8O. The minimum absolute atomic E-state index is 0.423. The minimum atomic E-state index is 0.423. The summed E-state index contributed by atoms with van der Waals surface area (Å²) in [6, 6.07) is 1.91. The Morgan fingerprint density at radius 1 is 1.09 bits per heavy atom. The monoisotopic (exact) mass is 314 g/mol. The van der Waals surface area contributed by atoms with E-state index in [1.54, 1.807) is 6.20 Å². The van der Waals surface area contributed by atoms with E-state index in [4.69, 9.17) is 4.63 Å². The molecule has 23 heavy (non-hydrogen) atoms. The van der Waals surface area contributed by atoms with E-state index in [-0.39, 0.29) is 0 Å². The fourth-order valence-corrected chi connectivity index (χ4v) is 2.80. The third-order valence-electron chi connectivity index (χ3n) is 3.94. The van der Waals surface area contributed by atoms with Crippen LogP contribution in [0.5, 0.6) is 0 Å². The van der Waals surface area contributed by atoms with Gasteiger partial charge in [-0.1, -0.05) is 0 Å². The van der Waals surface area contributed by atoms with E-state index in [1.807, 2.05) is 16.9 Å². The van der Waals surface area contributed by atoms with Crippen LogP contribution in [-0.2, 0) is 6.54 Å². The van der Waals surface area contributed by atoms with Gasteiger partial charge in [-0.15, -0.1) is 0 Å². The number of nitrogens with zero attached hydrogens (tertiary/aromatic N) is 7. The molecule has 0 unspecified atom stereocenters. The quantitative estimate of drug-likeness (QED) is 0.753. The van der Waals surface area contributed by atoms with Crippen LogP contribution in [0, 0.1) is 0 Å². The molecule has 4 rings (SSSR count). The molecule has 0 bridgehead atoms. The summed E-state index contributed by atoms with van der Waals surface area (Å²) in [5.74, 6) is 1.55. The molecule has 0 spiro atoms. The Labute approximate surface area is 132 Å². The maximum absolute atomic E-state index is 4.74. The van der Waals surface area contributed by atoms with Gasteiger partial charge in [0.2, 0.25) is 11.3 Å². The first-order chi connectivity index (χ1) is 11.4. The Hall–Kier alpha value is -2.71. The van der Waals surface area contributed by atoms with E-state index in [2.05, 4.69) is 35.6 Å². The van der Waals surface area contributed by atoms with Gasteiger partial charge in [0.1, 0.15) is 0 Å². The predicted octanol–water partition coefficient (Wildman–Crippen LogP) is 1.31. The summed E-state index contributed by atoms with van der Waals surface area (Å²) in [4.78, 5) is 11.4. The summed E-state index contributed by atoms with van der Waals surface area (Å²) in [5, 5.41) is 15.1. The molecule has 0 amide bonds. The SMILES string of the molecule is c1cnn(CCNc2nc3nonc3nc2N2CCCCC2)c1. The van der Waals surface area contributed by atoms with Gasteiger partial charge in [-0.05, 0) is 35.6 Å². The van der Waals surface area contributed by atoms with Crippen molar-refractivity contribution in [3.05, 3.63) is 18.5 Å². The molecule has 1 aliphatic heterocycles. The van der Waals surface area contributed by atoms with E-state index in [0.717, 1.165) is 31.3 Å². The first kappa shape index (κ1) is 13.9. The zero-order valence-electron chi connectivity index (χ0n) is 12.7. The number of nitrogens with one attached hydrogen (secondary N) is 1. The van der Waals surface area contributed by atoms with Gasteiger partial charge in [0, 0.05) is 32.0 Å². The van der Waals surface area contributed by atoms with Gasteiger partial charge >= 0.3 is 0 Å². The van der Waals surface area contributed by atoms with Gasteiger partial charge < -0.3 is 10.2 Å². The van der Waals surface area contributed by atoms with Crippen molar-refractivity contribution in [1.82, 2.24) is 30.1 Å². The third kappa shape index (κ3) is 2.94. The lowest BCUT2D eigenvalue weighted by molar-refractivity contribution is 0.314. The van der Waals surface area contributed by atoms with Crippen molar-refractivity contribution in [2.75, 3.05) is 29.9 Å². The van der Waals surface area contributed by atoms with E-state index in [0.29, 0.717) is 17.8 Å². The second-order valence-corrected chi connectivity index (χ2v) is 5.55. The third-order valence-corrected chi connectivity index (χ3v) is 3.94.